The number of hydrogen-bond donors (Lipinski definition) is 1. The first-order valence-electron chi connectivity index (χ1n) is 8.33. The van der Waals surface area contributed by atoms with Gasteiger partial charge in [0, 0.05) is 31.7 Å². The number of thiazole rings is 1. The number of rotatable bonds is 3. The van der Waals surface area contributed by atoms with Gasteiger partial charge in [-0.2, -0.15) is 0 Å². The first-order chi connectivity index (χ1) is 12.1. The lowest BCUT2D eigenvalue weighted by Gasteiger charge is -2.42. The van der Waals surface area contributed by atoms with E-state index in [9.17, 15) is 4.79 Å². The van der Waals surface area contributed by atoms with E-state index in [2.05, 4.69) is 31.8 Å². The van der Waals surface area contributed by atoms with Gasteiger partial charge in [0.15, 0.2) is 0 Å². The maximum Gasteiger partial charge on any atom is 0.273 e. The molecular formula is C17H20N6OS. The summed E-state index contributed by atoms with van der Waals surface area (Å²) >= 11 is 1.45. The zero-order valence-electron chi connectivity index (χ0n) is 14.2. The Labute approximate surface area is 149 Å². The number of hydrogen-bond acceptors (Lipinski definition) is 6. The fourth-order valence-electron chi connectivity index (χ4n) is 3.51. The molecule has 0 spiro atoms. The zero-order valence-corrected chi connectivity index (χ0v) is 15.0. The fraction of sp³-hybridized carbons (Fsp3) is 0.412. The van der Waals surface area contributed by atoms with Crippen LogP contribution in [0.3, 0.4) is 0 Å². The number of fused-ring (bicyclic) bond motifs is 1. The fourth-order valence-corrected chi connectivity index (χ4v) is 4.04. The van der Waals surface area contributed by atoms with Crippen LogP contribution in [0.15, 0.2) is 29.5 Å². The highest BCUT2D eigenvalue weighted by atomic mass is 32.1. The summed E-state index contributed by atoms with van der Waals surface area (Å²) in [6, 6.07) is 2.19. The summed E-state index contributed by atoms with van der Waals surface area (Å²) in [5.74, 6) is 1.38. The highest BCUT2D eigenvalue weighted by Crippen LogP contribution is 2.29. The molecule has 2 atom stereocenters. The van der Waals surface area contributed by atoms with Gasteiger partial charge in [-0.15, -0.1) is 11.3 Å². The number of carbonyl (C=O) groups excluding carboxylic acids is 1. The normalized spacial score (nSPS) is 20.8. The molecule has 1 aliphatic rings. The van der Waals surface area contributed by atoms with Gasteiger partial charge in [0.05, 0.1) is 16.9 Å². The number of nitrogens with one attached hydrogen (secondary N) is 1. The van der Waals surface area contributed by atoms with Gasteiger partial charge >= 0.3 is 0 Å². The molecule has 7 nitrogen and oxygen atoms in total. The molecule has 4 rings (SSSR count). The maximum absolute atomic E-state index is 12.7. The first kappa shape index (κ1) is 16.0. The molecule has 0 saturated carbocycles. The minimum absolute atomic E-state index is 0.0148. The Morgan fingerprint density at radius 1 is 1.40 bits per heavy atom. The number of aromatic amines is 1. The van der Waals surface area contributed by atoms with E-state index < -0.39 is 0 Å². The molecule has 2 unspecified atom stereocenters. The van der Waals surface area contributed by atoms with E-state index in [4.69, 9.17) is 0 Å². The molecule has 0 aromatic carbocycles. The van der Waals surface area contributed by atoms with Crippen molar-refractivity contribution in [3.63, 3.8) is 0 Å². The van der Waals surface area contributed by atoms with E-state index in [-0.39, 0.29) is 11.9 Å². The predicted octanol–water partition coefficient (Wildman–Crippen LogP) is 2.40. The van der Waals surface area contributed by atoms with Crippen LogP contribution < -0.4 is 4.90 Å². The molecule has 0 radical (unpaired) electrons. The summed E-state index contributed by atoms with van der Waals surface area (Å²) in [6.07, 6.45) is 4.42. The van der Waals surface area contributed by atoms with E-state index in [1.807, 2.05) is 29.6 Å². The molecule has 1 aliphatic heterocycles. The third-order valence-corrected chi connectivity index (χ3v) is 5.61. The summed E-state index contributed by atoms with van der Waals surface area (Å²) in [5, 5.41) is 2.81. The highest BCUT2D eigenvalue weighted by molar-refractivity contribution is 7.07. The number of carbonyl (C=O) groups is 1. The number of likely N-dealkylation sites (N-methyl/N-ethyl adjacent to an activating group) is 1. The molecule has 1 N–H and O–H groups in total. The van der Waals surface area contributed by atoms with E-state index in [1.54, 1.807) is 11.8 Å². The van der Waals surface area contributed by atoms with Gasteiger partial charge in [-0.05, 0) is 18.4 Å². The van der Waals surface area contributed by atoms with Crippen LogP contribution in [0.1, 0.15) is 23.8 Å². The second-order valence-electron chi connectivity index (χ2n) is 6.51. The molecule has 1 fully saturated rings. The van der Waals surface area contributed by atoms with Gasteiger partial charge in [-0.25, -0.2) is 15.0 Å². The Kier molecular flexibility index (Phi) is 4.12. The summed E-state index contributed by atoms with van der Waals surface area (Å²) in [4.78, 5) is 32.8. The Balaban J connectivity index is 1.59. The summed E-state index contributed by atoms with van der Waals surface area (Å²) in [7, 11) is 2.05. The zero-order chi connectivity index (χ0) is 17.4. The van der Waals surface area contributed by atoms with Crippen LogP contribution in [0.25, 0.3) is 11.0 Å². The number of amides is 1. The van der Waals surface area contributed by atoms with Crippen LogP contribution in [0.4, 0.5) is 5.82 Å². The van der Waals surface area contributed by atoms with Gasteiger partial charge in [-0.1, -0.05) is 6.92 Å². The van der Waals surface area contributed by atoms with Crippen LogP contribution in [-0.2, 0) is 0 Å². The van der Waals surface area contributed by atoms with Gasteiger partial charge in [0.2, 0.25) is 0 Å². The molecule has 3 aromatic heterocycles. The van der Waals surface area contributed by atoms with Crippen LogP contribution in [-0.4, -0.2) is 56.9 Å². The molecule has 3 aromatic rings. The maximum atomic E-state index is 12.7. The van der Waals surface area contributed by atoms with Crippen molar-refractivity contribution >= 4 is 34.1 Å². The van der Waals surface area contributed by atoms with Gasteiger partial charge in [0.1, 0.15) is 23.5 Å². The third kappa shape index (κ3) is 2.86. The van der Waals surface area contributed by atoms with Crippen molar-refractivity contribution in [2.75, 3.05) is 25.0 Å². The minimum Gasteiger partial charge on any atom is -0.354 e. The van der Waals surface area contributed by atoms with Crippen molar-refractivity contribution in [2.24, 2.45) is 5.92 Å². The second kappa shape index (κ2) is 6.44. The van der Waals surface area contributed by atoms with Gasteiger partial charge < -0.3 is 14.8 Å². The Bertz CT molecular complexity index is 876. The SMILES string of the molecule is CC1CCN(C(=O)c2cscn2)CC1N(C)c1ncnc2[nH]ccc12. The smallest absolute Gasteiger partial charge is 0.273 e. The lowest BCUT2D eigenvalue weighted by atomic mass is 9.92. The number of piperidine rings is 1. The van der Waals surface area contributed by atoms with Gasteiger partial charge in [0.25, 0.3) is 5.91 Å². The molecule has 0 bridgehead atoms. The third-order valence-electron chi connectivity index (χ3n) is 5.02. The monoisotopic (exact) mass is 356 g/mol. The first-order valence-corrected chi connectivity index (χ1v) is 9.28. The van der Waals surface area contributed by atoms with Crippen molar-refractivity contribution in [2.45, 2.75) is 19.4 Å². The predicted molar refractivity (Wildman–Crippen MR) is 97.9 cm³/mol. The average molecular weight is 356 g/mol. The number of nitrogens with zero attached hydrogens (tertiary/aromatic N) is 5. The molecule has 130 valence electrons. The van der Waals surface area contributed by atoms with E-state index in [1.165, 1.54) is 11.3 Å². The molecule has 1 saturated heterocycles. The largest absolute Gasteiger partial charge is 0.354 e. The molecular weight excluding hydrogens is 336 g/mol. The average Bonchev–Trinajstić information content (AvgIpc) is 3.32. The standard InChI is InChI=1S/C17H20N6OS/c1-11-4-6-23(17(24)13-8-25-10-21-13)7-14(11)22(2)16-12-3-5-18-15(12)19-9-20-16/h3,5,8-11,14H,4,6-7H2,1-2H3,(H,18,19,20). The van der Waals surface area contributed by atoms with Gasteiger partial charge in [-0.3, -0.25) is 4.79 Å². The van der Waals surface area contributed by atoms with Crippen LogP contribution in [0.5, 0.6) is 0 Å². The molecule has 0 aliphatic carbocycles. The summed E-state index contributed by atoms with van der Waals surface area (Å²) in [5.41, 5.74) is 3.07. The Morgan fingerprint density at radius 2 is 2.28 bits per heavy atom. The number of H-pyrrole nitrogens is 1. The lowest BCUT2D eigenvalue weighted by molar-refractivity contribution is 0.0665. The number of aromatic nitrogens is 4. The summed E-state index contributed by atoms with van der Waals surface area (Å²) in [6.45, 7) is 3.68. The van der Waals surface area contributed by atoms with Crippen molar-refractivity contribution in [1.29, 1.82) is 0 Å². The topological polar surface area (TPSA) is 78.0 Å². The van der Waals surface area contributed by atoms with Crippen LogP contribution in [0, 0.1) is 5.92 Å². The van der Waals surface area contributed by atoms with Crippen molar-refractivity contribution in [3.05, 3.63) is 35.2 Å². The molecule has 4 heterocycles. The van der Waals surface area contributed by atoms with E-state index in [0.717, 1.165) is 29.8 Å². The van der Waals surface area contributed by atoms with Crippen molar-refractivity contribution in [3.8, 4) is 0 Å². The number of anilines is 1. The highest BCUT2D eigenvalue weighted by Gasteiger charge is 2.33. The van der Waals surface area contributed by atoms with E-state index in [0.29, 0.717) is 18.2 Å². The summed E-state index contributed by atoms with van der Waals surface area (Å²) < 4.78 is 0. The minimum atomic E-state index is 0.0148. The molecule has 25 heavy (non-hydrogen) atoms. The van der Waals surface area contributed by atoms with Crippen molar-refractivity contribution in [1.82, 2.24) is 24.8 Å². The molecule has 8 heteroatoms. The number of likely N-dealkylation sites (tertiary alicyclic amines) is 1. The van der Waals surface area contributed by atoms with E-state index >= 15 is 0 Å². The quantitative estimate of drug-likeness (QED) is 0.780. The van der Waals surface area contributed by atoms with Crippen LogP contribution >= 0.6 is 11.3 Å². The van der Waals surface area contributed by atoms with Crippen LogP contribution in [0.2, 0.25) is 0 Å². The molecule has 1 amide bonds. The Hall–Kier alpha value is -2.48. The van der Waals surface area contributed by atoms with Crippen molar-refractivity contribution < 1.29 is 4.79 Å². The Morgan fingerprint density at radius 3 is 3.08 bits per heavy atom. The second-order valence-corrected chi connectivity index (χ2v) is 7.22. The lowest BCUT2D eigenvalue weighted by Crippen LogP contribution is -2.53.